The van der Waals surface area contributed by atoms with Gasteiger partial charge in [-0.25, -0.2) is 4.79 Å². The van der Waals surface area contributed by atoms with Crippen molar-refractivity contribution in [2.45, 2.75) is 19.4 Å². The lowest BCUT2D eigenvalue weighted by Gasteiger charge is -2.27. The summed E-state index contributed by atoms with van der Waals surface area (Å²) in [6, 6.07) is 9.37. The van der Waals surface area contributed by atoms with E-state index in [0.29, 0.717) is 11.5 Å². The minimum absolute atomic E-state index is 0.000800. The van der Waals surface area contributed by atoms with E-state index in [4.69, 9.17) is 4.74 Å². The molecule has 2 N–H and O–H groups in total. The van der Waals surface area contributed by atoms with Gasteiger partial charge < -0.3 is 15.0 Å². The highest BCUT2D eigenvalue weighted by molar-refractivity contribution is 5.94. The Morgan fingerprint density at radius 2 is 2.07 bits per heavy atom. The zero-order valence-electron chi connectivity index (χ0n) is 15.9. The van der Waals surface area contributed by atoms with Crippen molar-refractivity contribution in [1.29, 1.82) is 0 Å². The molecule has 146 valence electrons. The summed E-state index contributed by atoms with van der Waals surface area (Å²) in [7, 11) is 1.86. The first-order valence-corrected chi connectivity index (χ1v) is 9.59. The fourth-order valence-electron chi connectivity index (χ4n) is 3.73. The van der Waals surface area contributed by atoms with Crippen LogP contribution in [0.2, 0.25) is 0 Å². The summed E-state index contributed by atoms with van der Waals surface area (Å²) in [5, 5.41) is 6.02. The van der Waals surface area contributed by atoms with Crippen molar-refractivity contribution in [1.82, 2.24) is 15.2 Å². The Morgan fingerprint density at radius 1 is 1.25 bits per heavy atom. The van der Waals surface area contributed by atoms with E-state index in [2.05, 4.69) is 15.6 Å². The molecule has 0 radical (unpaired) electrons. The van der Waals surface area contributed by atoms with Gasteiger partial charge in [-0.2, -0.15) is 0 Å². The molecule has 2 aromatic rings. The summed E-state index contributed by atoms with van der Waals surface area (Å²) in [4.78, 5) is 30.3. The number of rotatable bonds is 4. The number of amides is 2. The molecular formula is C21H24N4O3. The fraction of sp³-hybridized carbons (Fsp3) is 0.381. The lowest BCUT2D eigenvalue weighted by Crippen LogP contribution is -2.37. The maximum Gasteiger partial charge on any atom is 0.411 e. The number of ether oxygens (including phenoxy) is 1. The predicted molar refractivity (Wildman–Crippen MR) is 106 cm³/mol. The smallest absolute Gasteiger partial charge is 0.411 e. The number of nitrogens with one attached hydrogen (secondary N) is 2. The molecule has 0 saturated carbocycles. The first-order valence-electron chi connectivity index (χ1n) is 9.59. The first-order chi connectivity index (χ1) is 13.6. The van der Waals surface area contributed by atoms with E-state index in [-0.39, 0.29) is 12.5 Å². The molecule has 2 aliphatic rings. The van der Waals surface area contributed by atoms with Crippen LogP contribution in [-0.4, -0.2) is 48.6 Å². The van der Waals surface area contributed by atoms with Crippen LogP contribution in [-0.2, 0) is 11.3 Å². The average Bonchev–Trinajstić information content (AvgIpc) is 2.73. The maximum absolute atomic E-state index is 12.7. The lowest BCUT2D eigenvalue weighted by atomic mass is 9.97. The van der Waals surface area contributed by atoms with Gasteiger partial charge in [0, 0.05) is 30.9 Å². The van der Waals surface area contributed by atoms with Crippen LogP contribution in [0, 0.1) is 5.92 Å². The summed E-state index contributed by atoms with van der Waals surface area (Å²) < 4.78 is 5.01. The molecule has 0 aliphatic carbocycles. The first kappa shape index (κ1) is 18.4. The molecule has 0 spiro atoms. The molecule has 0 atom stereocenters. The summed E-state index contributed by atoms with van der Waals surface area (Å²) >= 11 is 0. The highest BCUT2D eigenvalue weighted by Crippen LogP contribution is 2.27. The molecular weight excluding hydrogens is 356 g/mol. The second kappa shape index (κ2) is 7.98. The second-order valence-corrected chi connectivity index (χ2v) is 7.38. The summed E-state index contributed by atoms with van der Waals surface area (Å²) in [5.41, 5.74) is 3.94. The zero-order valence-corrected chi connectivity index (χ0v) is 15.9. The van der Waals surface area contributed by atoms with Gasteiger partial charge in [0.05, 0.1) is 16.9 Å². The van der Waals surface area contributed by atoms with Crippen LogP contribution >= 0.6 is 0 Å². The average molecular weight is 380 g/mol. The number of benzene rings is 1. The van der Waals surface area contributed by atoms with Gasteiger partial charge in [0.1, 0.15) is 6.61 Å². The molecule has 4 rings (SSSR count). The molecule has 7 heteroatoms. The minimum Gasteiger partial charge on any atom is -0.444 e. The largest absolute Gasteiger partial charge is 0.444 e. The molecule has 2 amide bonds. The van der Waals surface area contributed by atoms with E-state index in [1.807, 2.05) is 37.4 Å². The maximum atomic E-state index is 12.7. The van der Waals surface area contributed by atoms with Crippen LogP contribution in [0.15, 0.2) is 36.5 Å². The molecule has 1 aromatic carbocycles. The molecule has 0 bridgehead atoms. The normalized spacial score (nSPS) is 16.7. The Bertz CT molecular complexity index is 876. The number of cyclic esters (lactones) is 1. The van der Waals surface area contributed by atoms with Crippen molar-refractivity contribution < 1.29 is 14.3 Å². The zero-order chi connectivity index (χ0) is 19.5. The Morgan fingerprint density at radius 3 is 2.82 bits per heavy atom. The SMILES string of the molecule is CN(CC1CCNCC1)C(=O)c1ccc(-c2ccc3c(c2)COC(=O)N3)nc1. The van der Waals surface area contributed by atoms with Crippen molar-refractivity contribution in [3.8, 4) is 11.3 Å². The van der Waals surface area contributed by atoms with Crippen molar-refractivity contribution in [3.63, 3.8) is 0 Å². The standard InChI is InChI=1S/C21H24N4O3/c1-25(12-14-6-8-22-9-7-14)20(26)16-3-4-18(23-11-16)15-2-5-19-17(10-15)13-28-21(27)24-19/h2-5,10-11,14,22H,6-9,12-13H2,1H3,(H,24,27). The van der Waals surface area contributed by atoms with Crippen LogP contribution in [0.4, 0.5) is 10.5 Å². The molecule has 1 aromatic heterocycles. The number of hydrogen-bond acceptors (Lipinski definition) is 5. The highest BCUT2D eigenvalue weighted by atomic mass is 16.5. The topological polar surface area (TPSA) is 83.6 Å². The van der Waals surface area contributed by atoms with Crippen molar-refractivity contribution in [2.75, 3.05) is 32.0 Å². The Kier molecular flexibility index (Phi) is 5.25. The van der Waals surface area contributed by atoms with Crippen LogP contribution in [0.5, 0.6) is 0 Å². The van der Waals surface area contributed by atoms with Gasteiger partial charge in [0.25, 0.3) is 5.91 Å². The summed E-state index contributed by atoms with van der Waals surface area (Å²) in [6.45, 7) is 3.07. The number of fused-ring (bicyclic) bond motifs is 1. The fourth-order valence-corrected chi connectivity index (χ4v) is 3.73. The minimum atomic E-state index is -0.435. The Balaban J connectivity index is 1.44. The van der Waals surface area contributed by atoms with E-state index < -0.39 is 6.09 Å². The van der Waals surface area contributed by atoms with Gasteiger partial charge in [-0.1, -0.05) is 6.07 Å². The quantitative estimate of drug-likeness (QED) is 0.852. The molecule has 1 saturated heterocycles. The molecule has 7 nitrogen and oxygen atoms in total. The number of pyridine rings is 1. The molecule has 3 heterocycles. The number of anilines is 1. The van der Waals surface area contributed by atoms with Gasteiger partial charge in [-0.05, 0) is 56.1 Å². The number of nitrogens with zero attached hydrogens (tertiary/aromatic N) is 2. The Hall–Kier alpha value is -2.93. The molecule has 1 fully saturated rings. The summed E-state index contributed by atoms with van der Waals surface area (Å²) in [6.07, 6.45) is 3.41. The van der Waals surface area contributed by atoms with Crippen molar-refractivity contribution in [3.05, 3.63) is 47.7 Å². The van der Waals surface area contributed by atoms with Crippen molar-refractivity contribution in [2.24, 2.45) is 5.92 Å². The Labute approximate surface area is 164 Å². The third kappa shape index (κ3) is 3.99. The number of carbonyl (C=O) groups excluding carboxylic acids is 2. The number of carbonyl (C=O) groups is 2. The van der Waals surface area contributed by atoms with E-state index in [1.165, 1.54) is 0 Å². The number of piperidine rings is 1. The van der Waals surface area contributed by atoms with Gasteiger partial charge in [0.2, 0.25) is 0 Å². The molecule has 0 unspecified atom stereocenters. The lowest BCUT2D eigenvalue weighted by molar-refractivity contribution is 0.0762. The van der Waals surface area contributed by atoms with E-state index >= 15 is 0 Å². The third-order valence-electron chi connectivity index (χ3n) is 5.34. The van der Waals surface area contributed by atoms with Crippen LogP contribution in [0.3, 0.4) is 0 Å². The van der Waals surface area contributed by atoms with Crippen molar-refractivity contribution >= 4 is 17.7 Å². The monoisotopic (exact) mass is 380 g/mol. The van der Waals surface area contributed by atoms with Gasteiger partial charge in [0.15, 0.2) is 0 Å². The van der Waals surface area contributed by atoms with Crippen LogP contribution < -0.4 is 10.6 Å². The third-order valence-corrected chi connectivity index (χ3v) is 5.34. The van der Waals surface area contributed by atoms with Gasteiger partial charge in [-0.3, -0.25) is 15.1 Å². The summed E-state index contributed by atoms with van der Waals surface area (Å²) in [5.74, 6) is 0.555. The predicted octanol–water partition coefficient (Wildman–Crippen LogP) is 2.88. The molecule has 2 aliphatic heterocycles. The van der Waals surface area contributed by atoms with Crippen LogP contribution in [0.1, 0.15) is 28.8 Å². The van der Waals surface area contributed by atoms with Crippen LogP contribution in [0.25, 0.3) is 11.3 Å². The van der Waals surface area contributed by atoms with E-state index in [0.717, 1.165) is 55.0 Å². The second-order valence-electron chi connectivity index (χ2n) is 7.38. The van der Waals surface area contributed by atoms with Gasteiger partial charge >= 0.3 is 6.09 Å². The van der Waals surface area contributed by atoms with E-state index in [9.17, 15) is 9.59 Å². The molecule has 28 heavy (non-hydrogen) atoms. The number of aromatic nitrogens is 1. The highest BCUT2D eigenvalue weighted by Gasteiger charge is 2.20. The number of hydrogen-bond donors (Lipinski definition) is 2. The van der Waals surface area contributed by atoms with E-state index in [1.54, 1.807) is 11.1 Å². The van der Waals surface area contributed by atoms with Gasteiger partial charge in [-0.15, -0.1) is 0 Å².